The number of aromatic nitrogens is 1. The molecule has 4 unspecified atom stereocenters. The smallest absolute Gasteiger partial charge is 0.326 e. The fraction of sp³-hybridized carbons (Fsp3) is 0.500. The number of carboxylic acid groups (broad SMARTS) is 2. The average Bonchev–Trinajstić information content (AvgIpc) is 3.25. The highest BCUT2D eigenvalue weighted by atomic mass is 16.4. The van der Waals surface area contributed by atoms with Gasteiger partial charge in [0, 0.05) is 29.9 Å². The van der Waals surface area contributed by atoms with Crippen LogP contribution in [0.5, 0.6) is 0 Å². The Bertz CT molecular complexity index is 1160. The Morgan fingerprint density at radius 3 is 1.97 bits per heavy atom. The van der Waals surface area contributed by atoms with Crippen LogP contribution >= 0.6 is 0 Å². The van der Waals surface area contributed by atoms with Crippen LogP contribution in [0.15, 0.2) is 30.5 Å². The minimum atomic E-state index is -1.24. The summed E-state index contributed by atoms with van der Waals surface area (Å²) in [5.74, 6) is -5.10. The van der Waals surface area contributed by atoms with Gasteiger partial charge in [0.05, 0.1) is 6.04 Å². The number of aromatic amines is 1. The number of rotatable bonds is 14. The number of hydrogen-bond donors (Lipinski definition) is 7. The zero-order valence-electron chi connectivity index (χ0n) is 22.0. The summed E-state index contributed by atoms with van der Waals surface area (Å²) in [4.78, 5) is 64.5. The third-order valence-electron chi connectivity index (χ3n) is 6.21. The molecule has 12 heteroatoms. The van der Waals surface area contributed by atoms with Crippen LogP contribution in [0.25, 0.3) is 10.9 Å². The number of aliphatic carboxylic acids is 2. The maximum atomic E-state index is 13.1. The molecule has 0 fully saturated rings. The van der Waals surface area contributed by atoms with E-state index in [2.05, 4.69) is 20.9 Å². The molecule has 0 bridgehead atoms. The summed E-state index contributed by atoms with van der Waals surface area (Å²) in [5, 5.41) is 27.1. The molecule has 0 saturated heterocycles. The largest absolute Gasteiger partial charge is 0.481 e. The molecule has 0 aliphatic carbocycles. The molecular weight excluding hydrogens is 494 g/mol. The zero-order chi connectivity index (χ0) is 28.6. The standard InChI is InChI=1S/C26H37N5O7/c1-13(2)21(31-25(36)22(14(3)4)30-23(34)17(27)9-10-20(32)33)24(35)29-19(26(37)38)11-15-12-28-18-8-6-5-7-16(15)18/h5-8,12-14,17,19,21-22,28H,9-11,27H2,1-4H3,(H,29,35)(H,30,34)(H,31,36)(H,32,33)(H,37,38). The lowest BCUT2D eigenvalue weighted by atomic mass is 9.98. The second kappa shape index (κ2) is 13.6. The summed E-state index contributed by atoms with van der Waals surface area (Å²) < 4.78 is 0. The molecule has 12 nitrogen and oxygen atoms in total. The fourth-order valence-electron chi connectivity index (χ4n) is 3.97. The Morgan fingerprint density at radius 1 is 0.868 bits per heavy atom. The number of nitrogens with two attached hydrogens (primary N) is 1. The van der Waals surface area contributed by atoms with Crippen molar-refractivity contribution in [1.29, 1.82) is 0 Å². The van der Waals surface area contributed by atoms with Crippen LogP contribution in [0.4, 0.5) is 0 Å². The number of carbonyl (C=O) groups excluding carboxylic acids is 3. The minimum Gasteiger partial charge on any atom is -0.481 e. The van der Waals surface area contributed by atoms with E-state index < -0.39 is 59.7 Å². The van der Waals surface area contributed by atoms with E-state index in [0.29, 0.717) is 0 Å². The molecule has 8 N–H and O–H groups in total. The summed E-state index contributed by atoms with van der Waals surface area (Å²) in [6.07, 6.45) is 1.33. The van der Waals surface area contributed by atoms with Crippen LogP contribution in [0.1, 0.15) is 46.1 Å². The summed E-state index contributed by atoms with van der Waals surface area (Å²) in [7, 11) is 0. The topological polar surface area (TPSA) is 204 Å². The number of H-pyrrole nitrogens is 1. The maximum Gasteiger partial charge on any atom is 0.326 e. The van der Waals surface area contributed by atoms with E-state index in [1.54, 1.807) is 33.9 Å². The van der Waals surface area contributed by atoms with Gasteiger partial charge in [0.1, 0.15) is 18.1 Å². The first-order valence-electron chi connectivity index (χ1n) is 12.5. The molecule has 0 radical (unpaired) electrons. The quantitative estimate of drug-likeness (QED) is 0.185. The molecule has 2 rings (SSSR count). The maximum absolute atomic E-state index is 13.1. The summed E-state index contributed by atoms with van der Waals surface area (Å²) in [5.41, 5.74) is 7.32. The first-order chi connectivity index (χ1) is 17.8. The van der Waals surface area contributed by atoms with Crippen molar-refractivity contribution in [3.63, 3.8) is 0 Å². The van der Waals surface area contributed by atoms with Gasteiger partial charge in [-0.25, -0.2) is 4.79 Å². The molecule has 2 aromatic rings. The fourth-order valence-corrected chi connectivity index (χ4v) is 3.97. The lowest BCUT2D eigenvalue weighted by Crippen LogP contribution is -2.59. The molecule has 4 atom stereocenters. The van der Waals surface area contributed by atoms with Gasteiger partial charge in [-0.05, 0) is 29.9 Å². The second-order valence-corrected chi connectivity index (χ2v) is 9.96. The Labute approximate surface area is 220 Å². The van der Waals surface area contributed by atoms with Crippen molar-refractivity contribution < 1.29 is 34.2 Å². The SMILES string of the molecule is CC(C)C(NC(=O)C(N)CCC(=O)O)C(=O)NC(C(=O)NC(Cc1c[nH]c2ccccc12)C(=O)O)C(C)C. The van der Waals surface area contributed by atoms with E-state index in [-0.39, 0.29) is 25.2 Å². The van der Waals surface area contributed by atoms with Gasteiger partial charge in [0.25, 0.3) is 0 Å². The van der Waals surface area contributed by atoms with Crippen molar-refractivity contribution in [3.05, 3.63) is 36.0 Å². The van der Waals surface area contributed by atoms with Gasteiger partial charge in [0.2, 0.25) is 17.7 Å². The molecule has 208 valence electrons. The van der Waals surface area contributed by atoms with Crippen molar-refractivity contribution in [2.75, 3.05) is 0 Å². The van der Waals surface area contributed by atoms with Crippen molar-refractivity contribution in [1.82, 2.24) is 20.9 Å². The molecule has 1 heterocycles. The minimum absolute atomic E-state index is 0.0305. The molecule has 3 amide bonds. The molecule has 38 heavy (non-hydrogen) atoms. The molecule has 0 saturated carbocycles. The van der Waals surface area contributed by atoms with Gasteiger partial charge in [0.15, 0.2) is 0 Å². The average molecular weight is 532 g/mol. The van der Waals surface area contributed by atoms with Crippen molar-refractivity contribution in [2.24, 2.45) is 17.6 Å². The monoisotopic (exact) mass is 531 g/mol. The molecule has 0 aliphatic heterocycles. The van der Waals surface area contributed by atoms with Crippen LogP contribution in [0, 0.1) is 11.8 Å². The number of amides is 3. The van der Waals surface area contributed by atoms with Gasteiger partial charge in [-0.3, -0.25) is 19.2 Å². The first kappa shape index (κ1) is 30.3. The second-order valence-electron chi connectivity index (χ2n) is 9.96. The number of carboxylic acids is 2. The van der Waals surface area contributed by atoms with E-state index in [1.165, 1.54) is 0 Å². The number of benzene rings is 1. The summed E-state index contributed by atoms with van der Waals surface area (Å²) in [6.45, 7) is 6.79. The summed E-state index contributed by atoms with van der Waals surface area (Å²) >= 11 is 0. The van der Waals surface area contributed by atoms with Crippen LogP contribution in [-0.4, -0.2) is 69.0 Å². The highest BCUT2D eigenvalue weighted by molar-refractivity contribution is 5.94. The highest BCUT2D eigenvalue weighted by Crippen LogP contribution is 2.19. The van der Waals surface area contributed by atoms with Gasteiger partial charge < -0.3 is 36.9 Å². The van der Waals surface area contributed by atoms with Crippen molar-refractivity contribution >= 4 is 40.6 Å². The van der Waals surface area contributed by atoms with E-state index in [0.717, 1.165) is 16.5 Å². The predicted octanol–water partition coefficient (Wildman–Crippen LogP) is 0.754. The van der Waals surface area contributed by atoms with E-state index >= 15 is 0 Å². The number of hydrogen-bond acceptors (Lipinski definition) is 6. The Balaban J connectivity index is 2.11. The van der Waals surface area contributed by atoms with Gasteiger partial charge in [-0.1, -0.05) is 45.9 Å². The lowest BCUT2D eigenvalue weighted by molar-refractivity contribution is -0.142. The van der Waals surface area contributed by atoms with Crippen molar-refractivity contribution in [2.45, 2.75) is 71.1 Å². The summed E-state index contributed by atoms with van der Waals surface area (Å²) in [6, 6.07) is 2.92. The normalized spacial score (nSPS) is 14.5. The predicted molar refractivity (Wildman–Crippen MR) is 140 cm³/mol. The van der Waals surface area contributed by atoms with Gasteiger partial charge in [-0.2, -0.15) is 0 Å². The van der Waals surface area contributed by atoms with Crippen LogP contribution in [0.3, 0.4) is 0 Å². The molecule has 0 aliphatic rings. The Hall–Kier alpha value is -3.93. The number of carbonyl (C=O) groups is 5. The van der Waals surface area contributed by atoms with Crippen LogP contribution in [-0.2, 0) is 30.4 Å². The molecule has 0 spiro atoms. The van der Waals surface area contributed by atoms with E-state index in [9.17, 15) is 29.1 Å². The third-order valence-corrected chi connectivity index (χ3v) is 6.21. The van der Waals surface area contributed by atoms with Crippen molar-refractivity contribution in [3.8, 4) is 0 Å². The third kappa shape index (κ3) is 8.30. The van der Waals surface area contributed by atoms with Crippen LogP contribution in [0.2, 0.25) is 0 Å². The Kier molecular flexibility index (Phi) is 10.8. The number of fused-ring (bicyclic) bond motifs is 1. The first-order valence-corrected chi connectivity index (χ1v) is 12.5. The number of nitrogens with one attached hydrogen (secondary N) is 4. The molecular formula is C26H37N5O7. The molecule has 1 aromatic carbocycles. The Morgan fingerprint density at radius 2 is 1.42 bits per heavy atom. The molecule has 1 aromatic heterocycles. The number of para-hydroxylation sites is 1. The van der Waals surface area contributed by atoms with E-state index in [1.807, 2.05) is 24.3 Å². The van der Waals surface area contributed by atoms with E-state index in [4.69, 9.17) is 10.8 Å². The van der Waals surface area contributed by atoms with Gasteiger partial charge >= 0.3 is 11.9 Å². The zero-order valence-corrected chi connectivity index (χ0v) is 22.0. The highest BCUT2D eigenvalue weighted by Gasteiger charge is 2.33. The van der Waals surface area contributed by atoms with Gasteiger partial charge in [-0.15, -0.1) is 0 Å². The van der Waals surface area contributed by atoms with Crippen LogP contribution < -0.4 is 21.7 Å². The lowest BCUT2D eigenvalue weighted by Gasteiger charge is -2.28.